The summed E-state index contributed by atoms with van der Waals surface area (Å²) < 4.78 is 7.02. The first-order valence-electron chi connectivity index (χ1n) is 6.90. The van der Waals surface area contributed by atoms with Crippen LogP contribution in [-0.2, 0) is 6.42 Å². The normalized spacial score (nSPS) is 20.1. The van der Waals surface area contributed by atoms with Crippen LogP contribution >= 0.6 is 15.9 Å². The fraction of sp³-hybridized carbons (Fsp3) is 0.600. The first-order valence-corrected chi connectivity index (χ1v) is 7.69. The molecule has 1 aliphatic heterocycles. The fourth-order valence-corrected chi connectivity index (χ4v) is 3.54. The van der Waals surface area contributed by atoms with Crippen LogP contribution in [0.2, 0.25) is 0 Å². The van der Waals surface area contributed by atoms with E-state index in [1.54, 1.807) is 0 Å². The molecule has 1 aromatic rings. The molecule has 18 heavy (non-hydrogen) atoms. The van der Waals surface area contributed by atoms with Gasteiger partial charge in [0, 0.05) is 22.5 Å². The van der Waals surface area contributed by atoms with Crippen molar-refractivity contribution < 1.29 is 4.74 Å². The van der Waals surface area contributed by atoms with Crippen LogP contribution in [0.25, 0.3) is 0 Å². The number of rotatable bonds is 4. The maximum Gasteiger partial charge on any atom is 0.127 e. The Balaban J connectivity index is 1.88. The number of fused-ring (bicyclic) bond motifs is 1. The van der Waals surface area contributed by atoms with E-state index in [9.17, 15) is 0 Å². The molecule has 0 saturated heterocycles. The Morgan fingerprint density at radius 2 is 2.28 bits per heavy atom. The van der Waals surface area contributed by atoms with Crippen LogP contribution in [0.1, 0.15) is 42.9 Å². The summed E-state index contributed by atoms with van der Waals surface area (Å²) in [5, 5.41) is 3.47. The highest BCUT2D eigenvalue weighted by molar-refractivity contribution is 9.10. The predicted molar refractivity (Wildman–Crippen MR) is 77.1 cm³/mol. The lowest BCUT2D eigenvalue weighted by Gasteiger charge is -2.30. The standard InChI is InChI=1S/C15H20BrNO/c1-17-14(7-10-3-2-4-10)13-9-12(16)8-11-5-6-18-15(11)13/h8-10,14,17H,2-7H2,1H3. The minimum absolute atomic E-state index is 0.430. The molecule has 0 bridgehead atoms. The average Bonchev–Trinajstić information content (AvgIpc) is 2.75. The molecule has 1 heterocycles. The maximum absolute atomic E-state index is 5.84. The zero-order valence-electron chi connectivity index (χ0n) is 10.8. The third-order valence-electron chi connectivity index (χ3n) is 4.29. The number of halogens is 1. The van der Waals surface area contributed by atoms with E-state index in [1.165, 1.54) is 41.3 Å². The van der Waals surface area contributed by atoms with Gasteiger partial charge in [0.15, 0.2) is 0 Å². The van der Waals surface area contributed by atoms with Crippen molar-refractivity contribution in [3.8, 4) is 5.75 Å². The minimum Gasteiger partial charge on any atom is -0.493 e. The Bertz CT molecular complexity index is 442. The molecule has 1 aromatic carbocycles. The van der Waals surface area contributed by atoms with Gasteiger partial charge in [-0.15, -0.1) is 0 Å². The minimum atomic E-state index is 0.430. The summed E-state index contributed by atoms with van der Waals surface area (Å²) in [6, 6.07) is 4.85. The van der Waals surface area contributed by atoms with Crippen molar-refractivity contribution in [1.29, 1.82) is 0 Å². The van der Waals surface area contributed by atoms with E-state index in [1.807, 2.05) is 0 Å². The van der Waals surface area contributed by atoms with Crippen molar-refractivity contribution in [3.63, 3.8) is 0 Å². The van der Waals surface area contributed by atoms with Crippen molar-refractivity contribution in [3.05, 3.63) is 27.7 Å². The Labute approximate surface area is 117 Å². The maximum atomic E-state index is 5.84. The molecule has 1 aliphatic carbocycles. The van der Waals surface area contributed by atoms with E-state index >= 15 is 0 Å². The summed E-state index contributed by atoms with van der Waals surface area (Å²) in [5.41, 5.74) is 2.69. The molecular weight excluding hydrogens is 290 g/mol. The van der Waals surface area contributed by atoms with Crippen LogP contribution in [0.4, 0.5) is 0 Å². The molecule has 0 aromatic heterocycles. The van der Waals surface area contributed by atoms with Crippen molar-refractivity contribution >= 4 is 15.9 Å². The zero-order chi connectivity index (χ0) is 12.5. The predicted octanol–water partition coefficient (Wildman–Crippen LogP) is 3.83. The summed E-state index contributed by atoms with van der Waals surface area (Å²) in [6.07, 6.45) is 6.49. The molecule has 1 saturated carbocycles. The first kappa shape index (κ1) is 12.5. The van der Waals surface area contributed by atoms with Crippen LogP contribution in [0.5, 0.6) is 5.75 Å². The first-order chi connectivity index (χ1) is 8.78. The van der Waals surface area contributed by atoms with Crippen LogP contribution in [0.3, 0.4) is 0 Å². The van der Waals surface area contributed by atoms with Crippen LogP contribution in [0, 0.1) is 5.92 Å². The summed E-state index contributed by atoms with van der Waals surface area (Å²) in [7, 11) is 2.06. The molecule has 2 nitrogen and oxygen atoms in total. The largest absolute Gasteiger partial charge is 0.493 e. The van der Waals surface area contributed by atoms with Gasteiger partial charge in [0.2, 0.25) is 0 Å². The monoisotopic (exact) mass is 309 g/mol. The third-order valence-corrected chi connectivity index (χ3v) is 4.75. The number of benzene rings is 1. The molecule has 0 radical (unpaired) electrons. The highest BCUT2D eigenvalue weighted by Crippen LogP contribution is 2.41. The van der Waals surface area contributed by atoms with Gasteiger partial charge in [-0.1, -0.05) is 35.2 Å². The van der Waals surface area contributed by atoms with Crippen LogP contribution in [-0.4, -0.2) is 13.7 Å². The quantitative estimate of drug-likeness (QED) is 0.912. The van der Waals surface area contributed by atoms with Gasteiger partial charge in [0.1, 0.15) is 5.75 Å². The number of hydrogen-bond acceptors (Lipinski definition) is 2. The van der Waals surface area contributed by atoms with E-state index < -0.39 is 0 Å². The smallest absolute Gasteiger partial charge is 0.127 e. The Kier molecular flexibility index (Phi) is 3.62. The molecule has 1 fully saturated rings. The summed E-state index contributed by atoms with van der Waals surface area (Å²) in [5.74, 6) is 2.04. The van der Waals surface area contributed by atoms with Crippen molar-refractivity contribution in [2.24, 2.45) is 5.92 Å². The van der Waals surface area contributed by atoms with Gasteiger partial charge in [-0.05, 0) is 37.1 Å². The molecule has 1 atom stereocenters. The average molecular weight is 310 g/mol. The van der Waals surface area contributed by atoms with E-state index in [2.05, 4.69) is 40.4 Å². The molecule has 98 valence electrons. The molecule has 0 amide bonds. The highest BCUT2D eigenvalue weighted by Gasteiger charge is 2.27. The summed E-state index contributed by atoms with van der Waals surface area (Å²) in [4.78, 5) is 0. The Hall–Kier alpha value is -0.540. The van der Waals surface area contributed by atoms with Gasteiger partial charge < -0.3 is 10.1 Å². The summed E-state index contributed by atoms with van der Waals surface area (Å²) >= 11 is 3.63. The lowest BCUT2D eigenvalue weighted by atomic mass is 9.79. The van der Waals surface area contributed by atoms with Gasteiger partial charge in [0.05, 0.1) is 6.61 Å². The van der Waals surface area contributed by atoms with E-state index in [0.29, 0.717) is 6.04 Å². The van der Waals surface area contributed by atoms with Gasteiger partial charge in [-0.3, -0.25) is 0 Å². The Morgan fingerprint density at radius 1 is 1.44 bits per heavy atom. The number of hydrogen-bond donors (Lipinski definition) is 1. The second kappa shape index (κ2) is 5.22. The molecule has 1 N–H and O–H groups in total. The molecule has 0 spiro atoms. The lowest BCUT2D eigenvalue weighted by molar-refractivity contribution is 0.262. The van der Waals surface area contributed by atoms with Gasteiger partial charge in [-0.2, -0.15) is 0 Å². The molecular formula is C15H20BrNO. The van der Waals surface area contributed by atoms with Crippen molar-refractivity contribution in [2.45, 2.75) is 38.1 Å². The van der Waals surface area contributed by atoms with Crippen molar-refractivity contribution in [2.75, 3.05) is 13.7 Å². The van der Waals surface area contributed by atoms with E-state index in [0.717, 1.165) is 24.7 Å². The fourth-order valence-electron chi connectivity index (χ4n) is 3.02. The Morgan fingerprint density at radius 3 is 2.94 bits per heavy atom. The molecule has 3 heteroatoms. The molecule has 1 unspecified atom stereocenters. The zero-order valence-corrected chi connectivity index (χ0v) is 12.4. The van der Waals surface area contributed by atoms with E-state index in [4.69, 9.17) is 4.74 Å². The van der Waals surface area contributed by atoms with Gasteiger partial charge in [0.25, 0.3) is 0 Å². The third kappa shape index (κ3) is 2.30. The SMILES string of the molecule is CNC(CC1CCC1)c1cc(Br)cc2c1OCC2. The van der Waals surface area contributed by atoms with E-state index in [-0.39, 0.29) is 0 Å². The van der Waals surface area contributed by atoms with Crippen molar-refractivity contribution in [1.82, 2.24) is 5.32 Å². The number of ether oxygens (including phenoxy) is 1. The number of nitrogens with one attached hydrogen (secondary N) is 1. The second-order valence-corrected chi connectivity index (χ2v) is 6.37. The second-order valence-electron chi connectivity index (χ2n) is 5.46. The van der Waals surface area contributed by atoms with Crippen LogP contribution < -0.4 is 10.1 Å². The van der Waals surface area contributed by atoms with Gasteiger partial charge in [-0.25, -0.2) is 0 Å². The van der Waals surface area contributed by atoms with Gasteiger partial charge >= 0.3 is 0 Å². The summed E-state index contributed by atoms with van der Waals surface area (Å²) in [6.45, 7) is 0.832. The molecule has 2 aliphatic rings. The topological polar surface area (TPSA) is 21.3 Å². The highest BCUT2D eigenvalue weighted by atomic mass is 79.9. The van der Waals surface area contributed by atoms with Crippen LogP contribution in [0.15, 0.2) is 16.6 Å². The molecule has 3 rings (SSSR count). The lowest BCUT2D eigenvalue weighted by Crippen LogP contribution is -2.23.